The van der Waals surface area contributed by atoms with Crippen LogP contribution in [-0.2, 0) is 20.8 Å². The Morgan fingerprint density at radius 3 is 2.61 bits per heavy atom. The maximum Gasteiger partial charge on any atom is 0.251 e. The Morgan fingerprint density at radius 1 is 1.02 bits per heavy atom. The Bertz CT molecular complexity index is 1820. The number of hydrogen-bond acceptors (Lipinski definition) is 9. The molecular weight excluding hydrogens is 589 g/mol. The Kier molecular flexibility index (Phi) is 7.04. The van der Waals surface area contributed by atoms with Gasteiger partial charge in [-0.2, -0.15) is 19.5 Å². The Balaban J connectivity index is 1.00. The van der Waals surface area contributed by atoms with Gasteiger partial charge in [-0.15, -0.1) is 0 Å². The lowest BCUT2D eigenvalue weighted by molar-refractivity contribution is -0.135. The lowest BCUT2D eigenvalue weighted by Crippen LogP contribution is -2.42. The minimum absolute atomic E-state index is 0.0184. The molecule has 2 aromatic heterocycles. The van der Waals surface area contributed by atoms with E-state index in [4.69, 9.17) is 11.6 Å². The second kappa shape index (κ2) is 11.1. The van der Waals surface area contributed by atoms with Crippen molar-refractivity contribution >= 4 is 69.1 Å². The van der Waals surface area contributed by atoms with Crippen molar-refractivity contribution in [2.45, 2.75) is 44.2 Å². The van der Waals surface area contributed by atoms with Crippen molar-refractivity contribution in [3.05, 3.63) is 59.1 Å². The minimum Gasteiger partial charge on any atom is -0.382 e. The van der Waals surface area contributed by atoms with Crippen LogP contribution < -0.4 is 25.8 Å². The molecule has 0 bridgehead atoms. The smallest absolute Gasteiger partial charge is 0.251 e. The van der Waals surface area contributed by atoms with E-state index in [1.165, 1.54) is 0 Å². The summed E-state index contributed by atoms with van der Waals surface area (Å²) in [5, 5.41) is 14.2. The fourth-order valence-corrected chi connectivity index (χ4v) is 6.22. The van der Waals surface area contributed by atoms with E-state index in [-0.39, 0.29) is 47.0 Å². The molecule has 0 radical (unpaired) electrons. The van der Waals surface area contributed by atoms with Gasteiger partial charge in [-0.3, -0.25) is 24.4 Å². The van der Waals surface area contributed by atoms with Gasteiger partial charge in [0.2, 0.25) is 23.7 Å². The monoisotopic (exact) mass is 617 g/mol. The zero-order valence-electron chi connectivity index (χ0n) is 23.8. The summed E-state index contributed by atoms with van der Waals surface area (Å²) < 4.78 is 16.5. The van der Waals surface area contributed by atoms with Crippen molar-refractivity contribution in [2.24, 2.45) is 0 Å². The molecular formula is C30H29ClFN9O3. The number of likely N-dealkylation sites (N-methyl/N-ethyl adjacent to an activating group) is 1. The number of halogens is 2. The SMILES string of the molecule is CN1C(=O)Cc2cc(Nc3nc(N4CCC(Nc5ccc6c(cnn6C6CCC(=O)NC6=O)c5)CC4)nc(F)c3Cl)ccc21. The first kappa shape index (κ1) is 28.0. The Morgan fingerprint density at radius 2 is 1.82 bits per heavy atom. The molecule has 3 N–H and O–H groups in total. The van der Waals surface area contributed by atoms with Crippen LogP contribution in [-0.4, -0.2) is 63.6 Å². The van der Waals surface area contributed by atoms with Crippen LogP contribution in [0.25, 0.3) is 10.9 Å². The number of nitrogens with one attached hydrogen (secondary N) is 3. The highest BCUT2D eigenvalue weighted by atomic mass is 35.5. The van der Waals surface area contributed by atoms with Crippen LogP contribution in [0.4, 0.5) is 33.2 Å². The maximum absolute atomic E-state index is 14.8. The molecule has 0 saturated carbocycles. The number of nitrogens with zero attached hydrogens (tertiary/aromatic N) is 6. The molecule has 2 aromatic carbocycles. The molecule has 14 heteroatoms. The van der Waals surface area contributed by atoms with Crippen LogP contribution >= 0.6 is 11.6 Å². The minimum atomic E-state index is -0.804. The van der Waals surface area contributed by atoms with Crippen LogP contribution in [0.2, 0.25) is 5.02 Å². The number of carbonyl (C=O) groups excluding carboxylic acids is 3. The van der Waals surface area contributed by atoms with E-state index < -0.39 is 12.0 Å². The average molecular weight is 618 g/mol. The normalized spacial score (nSPS) is 19.0. The molecule has 7 rings (SSSR count). The molecule has 3 aliphatic rings. The number of aromatic nitrogens is 4. The first-order chi connectivity index (χ1) is 21.2. The van der Waals surface area contributed by atoms with Gasteiger partial charge >= 0.3 is 0 Å². The number of hydrogen-bond donors (Lipinski definition) is 3. The molecule has 0 spiro atoms. The van der Waals surface area contributed by atoms with E-state index in [9.17, 15) is 18.8 Å². The van der Waals surface area contributed by atoms with Crippen LogP contribution in [0, 0.1) is 5.95 Å². The van der Waals surface area contributed by atoms with Gasteiger partial charge in [-0.25, -0.2) is 0 Å². The number of benzene rings is 2. The number of carbonyl (C=O) groups is 3. The van der Waals surface area contributed by atoms with E-state index in [1.54, 1.807) is 28.9 Å². The van der Waals surface area contributed by atoms with Gasteiger partial charge in [0.25, 0.3) is 5.91 Å². The molecule has 1 unspecified atom stereocenters. The number of piperidine rings is 2. The third kappa shape index (κ3) is 5.17. The van der Waals surface area contributed by atoms with Crippen LogP contribution in [0.1, 0.15) is 37.3 Å². The van der Waals surface area contributed by atoms with Crippen molar-refractivity contribution < 1.29 is 18.8 Å². The zero-order valence-corrected chi connectivity index (χ0v) is 24.6. The summed E-state index contributed by atoms with van der Waals surface area (Å²) >= 11 is 6.24. The van der Waals surface area contributed by atoms with E-state index in [2.05, 4.69) is 31.0 Å². The van der Waals surface area contributed by atoms with Crippen LogP contribution in [0.5, 0.6) is 0 Å². The summed E-state index contributed by atoms with van der Waals surface area (Å²) in [6, 6.07) is 11.1. The molecule has 2 saturated heterocycles. The third-order valence-corrected chi connectivity index (χ3v) is 8.80. The molecule has 1 atom stereocenters. The van der Waals surface area contributed by atoms with Crippen molar-refractivity contribution in [1.29, 1.82) is 0 Å². The summed E-state index contributed by atoms with van der Waals surface area (Å²) in [6.07, 6.45) is 4.30. The van der Waals surface area contributed by atoms with Crippen molar-refractivity contribution in [3.63, 3.8) is 0 Å². The highest BCUT2D eigenvalue weighted by Gasteiger charge is 2.30. The quantitative estimate of drug-likeness (QED) is 0.217. The molecule has 226 valence electrons. The lowest BCUT2D eigenvalue weighted by atomic mass is 10.0. The third-order valence-electron chi connectivity index (χ3n) is 8.47. The Labute approximate surface area is 256 Å². The first-order valence-electron chi connectivity index (χ1n) is 14.5. The van der Waals surface area contributed by atoms with E-state index in [1.807, 2.05) is 35.2 Å². The summed E-state index contributed by atoms with van der Waals surface area (Å²) in [6.45, 7) is 1.22. The van der Waals surface area contributed by atoms with Gasteiger partial charge in [-0.1, -0.05) is 11.6 Å². The molecule has 2 fully saturated rings. The summed E-state index contributed by atoms with van der Waals surface area (Å²) in [7, 11) is 1.74. The molecule has 3 aliphatic heterocycles. The number of rotatable bonds is 6. The topological polar surface area (TPSA) is 137 Å². The van der Waals surface area contributed by atoms with Crippen molar-refractivity contribution in [1.82, 2.24) is 25.1 Å². The van der Waals surface area contributed by atoms with Gasteiger partial charge in [0.05, 0.1) is 18.1 Å². The fraction of sp³-hybridized carbons (Fsp3) is 0.333. The van der Waals surface area contributed by atoms with E-state index in [0.29, 0.717) is 31.6 Å². The lowest BCUT2D eigenvalue weighted by Gasteiger charge is -2.33. The van der Waals surface area contributed by atoms with Gasteiger partial charge in [0, 0.05) is 55.0 Å². The predicted molar refractivity (Wildman–Crippen MR) is 164 cm³/mol. The van der Waals surface area contributed by atoms with Crippen LogP contribution in [0.3, 0.4) is 0 Å². The molecule has 12 nitrogen and oxygen atoms in total. The second-order valence-corrected chi connectivity index (χ2v) is 11.7. The summed E-state index contributed by atoms with van der Waals surface area (Å²) in [5.74, 6) is -0.953. The first-order valence-corrected chi connectivity index (χ1v) is 14.8. The average Bonchev–Trinajstić information content (AvgIpc) is 3.55. The number of amides is 3. The summed E-state index contributed by atoms with van der Waals surface area (Å²) in [4.78, 5) is 48.0. The summed E-state index contributed by atoms with van der Waals surface area (Å²) in [5.41, 5.74) is 4.14. The largest absolute Gasteiger partial charge is 0.382 e. The molecule has 4 aromatic rings. The highest BCUT2D eigenvalue weighted by Crippen LogP contribution is 2.34. The van der Waals surface area contributed by atoms with E-state index in [0.717, 1.165) is 40.7 Å². The van der Waals surface area contributed by atoms with Crippen molar-refractivity contribution in [3.8, 4) is 0 Å². The molecule has 3 amide bonds. The van der Waals surface area contributed by atoms with E-state index >= 15 is 0 Å². The maximum atomic E-state index is 14.8. The predicted octanol–water partition coefficient (Wildman–Crippen LogP) is 3.94. The van der Waals surface area contributed by atoms with Gasteiger partial charge < -0.3 is 20.4 Å². The van der Waals surface area contributed by atoms with Gasteiger partial charge in [0.15, 0.2) is 5.82 Å². The zero-order chi connectivity index (χ0) is 30.5. The number of imide groups is 1. The van der Waals surface area contributed by atoms with Crippen molar-refractivity contribution in [2.75, 3.05) is 40.6 Å². The molecule has 44 heavy (non-hydrogen) atoms. The molecule has 0 aliphatic carbocycles. The number of anilines is 5. The highest BCUT2D eigenvalue weighted by molar-refractivity contribution is 6.33. The van der Waals surface area contributed by atoms with Gasteiger partial charge in [0.1, 0.15) is 11.1 Å². The van der Waals surface area contributed by atoms with Crippen LogP contribution in [0.15, 0.2) is 42.6 Å². The van der Waals surface area contributed by atoms with Gasteiger partial charge in [-0.05, 0) is 61.2 Å². The second-order valence-electron chi connectivity index (χ2n) is 11.3. The fourth-order valence-electron chi connectivity index (χ4n) is 6.08. The molecule has 5 heterocycles. The number of fused-ring (bicyclic) bond motifs is 2. The Hall–Kier alpha value is -4.78. The standard InChI is InChI=1S/C30H29ClFN9O3/c1-39-21-4-2-20(12-16(21)14-25(39)43)35-28-26(31)27(32)37-30(38-28)40-10-8-18(9-11-40)34-19-3-5-22-17(13-19)15-33-41(22)23-6-7-24(42)36-29(23)44/h2-5,12-13,15,18,23,34H,6-11,14H2,1H3,(H,35,37,38)(H,36,42,44).